The van der Waals surface area contributed by atoms with Gasteiger partial charge in [-0.3, -0.25) is 0 Å². The first-order valence-corrected chi connectivity index (χ1v) is 10.9. The van der Waals surface area contributed by atoms with E-state index < -0.39 is 5.97 Å². The molecule has 0 aliphatic carbocycles. The molecule has 5 heteroatoms. The van der Waals surface area contributed by atoms with Crippen LogP contribution in [-0.2, 0) is 24.2 Å². The van der Waals surface area contributed by atoms with E-state index in [1.54, 1.807) is 0 Å². The molecule has 0 aromatic heterocycles. The summed E-state index contributed by atoms with van der Waals surface area (Å²) >= 11 is 0. The second kappa shape index (κ2) is 13.4. The third kappa shape index (κ3) is 6.69. The van der Waals surface area contributed by atoms with Crippen LogP contribution in [0.4, 0.5) is 0 Å². The predicted molar refractivity (Wildman–Crippen MR) is 112 cm³/mol. The molecule has 0 amide bonds. The van der Waals surface area contributed by atoms with Crippen LogP contribution >= 0.6 is 0 Å². The standard InChI is InChI=1S/C23H38O5/c1-5-9-10-11-12-13-14-15-16-27-28-22-19(8-4)17(6-2)18(7-3)20(21(22)24)23(25)26/h24H,5-16H2,1-4H3,(H,25,26). The minimum absolute atomic E-state index is 0.0674. The average Bonchev–Trinajstić information content (AvgIpc) is 2.68. The molecule has 5 nitrogen and oxygen atoms in total. The maximum absolute atomic E-state index is 11.7. The van der Waals surface area contributed by atoms with Crippen molar-refractivity contribution >= 4 is 5.97 Å². The predicted octanol–water partition coefficient (Wildman–Crippen LogP) is 6.23. The molecule has 0 unspecified atom stereocenters. The number of phenols is 1. The Labute approximate surface area is 170 Å². The minimum Gasteiger partial charge on any atom is -0.504 e. The molecule has 1 aromatic carbocycles. The van der Waals surface area contributed by atoms with E-state index in [4.69, 9.17) is 9.78 Å². The van der Waals surface area contributed by atoms with Gasteiger partial charge in [0.15, 0.2) is 5.75 Å². The quantitative estimate of drug-likeness (QED) is 0.209. The number of rotatable bonds is 15. The molecule has 0 saturated carbocycles. The lowest BCUT2D eigenvalue weighted by Crippen LogP contribution is -2.12. The summed E-state index contributed by atoms with van der Waals surface area (Å²) in [7, 11) is 0. The van der Waals surface area contributed by atoms with Crippen molar-refractivity contribution in [1.29, 1.82) is 0 Å². The molecule has 0 saturated heterocycles. The summed E-state index contributed by atoms with van der Waals surface area (Å²) in [5, 5.41) is 20.1. The number of hydrogen-bond donors (Lipinski definition) is 2. The third-order valence-corrected chi connectivity index (χ3v) is 5.25. The van der Waals surface area contributed by atoms with Crippen LogP contribution in [0.2, 0.25) is 0 Å². The van der Waals surface area contributed by atoms with Crippen molar-refractivity contribution in [3.8, 4) is 11.5 Å². The van der Waals surface area contributed by atoms with Crippen LogP contribution in [0, 0.1) is 0 Å². The zero-order valence-electron chi connectivity index (χ0n) is 18.1. The fourth-order valence-electron chi connectivity index (χ4n) is 3.78. The van der Waals surface area contributed by atoms with Gasteiger partial charge in [0.05, 0.1) is 6.61 Å². The summed E-state index contributed by atoms with van der Waals surface area (Å²) in [5.74, 6) is -1.30. The highest BCUT2D eigenvalue weighted by molar-refractivity contribution is 5.94. The van der Waals surface area contributed by atoms with Gasteiger partial charge in [-0.25, -0.2) is 4.79 Å². The highest BCUT2D eigenvalue weighted by Gasteiger charge is 2.26. The zero-order chi connectivity index (χ0) is 20.9. The molecule has 0 heterocycles. The first-order chi connectivity index (χ1) is 13.5. The first-order valence-electron chi connectivity index (χ1n) is 10.9. The fourth-order valence-corrected chi connectivity index (χ4v) is 3.78. The fraction of sp³-hybridized carbons (Fsp3) is 0.696. The number of carboxylic acids is 1. The van der Waals surface area contributed by atoms with Gasteiger partial charge in [0.25, 0.3) is 0 Å². The topological polar surface area (TPSA) is 76.0 Å². The Morgan fingerprint density at radius 1 is 0.786 bits per heavy atom. The van der Waals surface area contributed by atoms with Gasteiger partial charge < -0.3 is 15.1 Å². The molecule has 1 aromatic rings. The first kappa shape index (κ1) is 24.3. The van der Waals surface area contributed by atoms with Crippen molar-refractivity contribution in [2.24, 2.45) is 0 Å². The molecule has 2 N–H and O–H groups in total. The maximum atomic E-state index is 11.7. The average molecular weight is 395 g/mol. The van der Waals surface area contributed by atoms with Gasteiger partial charge in [-0.15, -0.1) is 0 Å². The molecule has 0 aliphatic rings. The number of aromatic hydroxyl groups is 1. The zero-order valence-corrected chi connectivity index (χ0v) is 18.1. The lowest BCUT2D eigenvalue weighted by atomic mass is 9.89. The summed E-state index contributed by atoms with van der Waals surface area (Å²) in [4.78, 5) is 22.5. The van der Waals surface area contributed by atoms with E-state index in [1.807, 2.05) is 20.8 Å². The van der Waals surface area contributed by atoms with Crippen LogP contribution in [0.5, 0.6) is 11.5 Å². The number of hydrogen-bond acceptors (Lipinski definition) is 4. The van der Waals surface area contributed by atoms with Crippen molar-refractivity contribution in [2.75, 3.05) is 6.61 Å². The SMILES string of the molecule is CCCCCCCCCCOOc1c(O)c(C(=O)O)c(CC)c(CC)c1CC. The van der Waals surface area contributed by atoms with E-state index in [0.29, 0.717) is 31.4 Å². The molecular weight excluding hydrogens is 356 g/mol. The van der Waals surface area contributed by atoms with Crippen molar-refractivity contribution in [2.45, 2.75) is 98.3 Å². The lowest BCUT2D eigenvalue weighted by Gasteiger charge is -2.20. The summed E-state index contributed by atoms with van der Waals surface area (Å²) in [6, 6.07) is 0. The Morgan fingerprint density at radius 3 is 1.82 bits per heavy atom. The molecular formula is C23H38O5. The second-order valence-electron chi connectivity index (χ2n) is 7.23. The Balaban J connectivity index is 2.70. The van der Waals surface area contributed by atoms with Gasteiger partial charge in [-0.2, -0.15) is 4.89 Å². The largest absolute Gasteiger partial charge is 0.504 e. The van der Waals surface area contributed by atoms with Crippen LogP contribution in [-0.4, -0.2) is 22.8 Å². The highest BCUT2D eigenvalue weighted by Crippen LogP contribution is 2.40. The second-order valence-corrected chi connectivity index (χ2v) is 7.23. The van der Waals surface area contributed by atoms with E-state index >= 15 is 0 Å². The van der Waals surface area contributed by atoms with E-state index in [2.05, 4.69) is 6.92 Å². The van der Waals surface area contributed by atoms with Gasteiger partial charge in [0.2, 0.25) is 5.75 Å². The highest BCUT2D eigenvalue weighted by atomic mass is 17.2. The summed E-state index contributed by atoms with van der Waals surface area (Å²) < 4.78 is 0. The van der Waals surface area contributed by atoms with Crippen LogP contribution in [0.25, 0.3) is 0 Å². The van der Waals surface area contributed by atoms with Crippen molar-refractivity contribution in [1.82, 2.24) is 0 Å². The Hall–Kier alpha value is -1.75. The van der Waals surface area contributed by atoms with Crippen molar-refractivity contribution in [3.05, 3.63) is 22.3 Å². The molecule has 0 bridgehead atoms. The number of carbonyl (C=O) groups is 1. The van der Waals surface area contributed by atoms with Crippen LogP contribution < -0.4 is 4.89 Å². The summed E-state index contributed by atoms with van der Waals surface area (Å²) in [6.45, 7) is 8.51. The van der Waals surface area contributed by atoms with Gasteiger partial charge in [0, 0.05) is 5.56 Å². The molecule has 0 atom stereocenters. The Morgan fingerprint density at radius 2 is 1.32 bits per heavy atom. The van der Waals surface area contributed by atoms with E-state index in [-0.39, 0.29) is 17.1 Å². The van der Waals surface area contributed by atoms with Gasteiger partial charge >= 0.3 is 5.97 Å². The molecule has 28 heavy (non-hydrogen) atoms. The number of aromatic carboxylic acids is 1. The Bertz CT molecular complexity index is 610. The summed E-state index contributed by atoms with van der Waals surface area (Å²) in [6.07, 6.45) is 11.5. The Kier molecular flexibility index (Phi) is 11.7. The number of benzene rings is 1. The number of carboxylic acid groups (broad SMARTS) is 1. The minimum atomic E-state index is -1.14. The molecule has 0 radical (unpaired) electrons. The third-order valence-electron chi connectivity index (χ3n) is 5.25. The van der Waals surface area contributed by atoms with E-state index in [1.165, 1.54) is 38.5 Å². The lowest BCUT2D eigenvalue weighted by molar-refractivity contribution is -0.208. The summed E-state index contributed by atoms with van der Waals surface area (Å²) in [5.41, 5.74) is 2.38. The van der Waals surface area contributed by atoms with Gasteiger partial charge in [0.1, 0.15) is 5.56 Å². The molecule has 160 valence electrons. The van der Waals surface area contributed by atoms with Crippen molar-refractivity contribution < 1.29 is 24.8 Å². The monoisotopic (exact) mass is 394 g/mol. The molecule has 0 aliphatic heterocycles. The molecule has 1 rings (SSSR count). The van der Waals surface area contributed by atoms with Crippen LogP contribution in [0.1, 0.15) is 106 Å². The molecule has 0 fully saturated rings. The van der Waals surface area contributed by atoms with Crippen LogP contribution in [0.15, 0.2) is 0 Å². The van der Waals surface area contributed by atoms with E-state index in [0.717, 1.165) is 24.0 Å². The maximum Gasteiger partial charge on any atom is 0.339 e. The van der Waals surface area contributed by atoms with E-state index in [9.17, 15) is 15.0 Å². The normalized spacial score (nSPS) is 11.0. The molecule has 0 spiro atoms. The number of unbranched alkanes of at least 4 members (excludes halogenated alkanes) is 7. The van der Waals surface area contributed by atoms with Gasteiger partial charge in [-0.1, -0.05) is 72.6 Å². The van der Waals surface area contributed by atoms with Gasteiger partial charge in [-0.05, 0) is 36.8 Å². The van der Waals surface area contributed by atoms with Crippen molar-refractivity contribution in [3.63, 3.8) is 0 Å². The smallest absolute Gasteiger partial charge is 0.339 e. The van der Waals surface area contributed by atoms with Crippen LogP contribution in [0.3, 0.4) is 0 Å².